The van der Waals surface area contributed by atoms with E-state index >= 15 is 0 Å². The van der Waals surface area contributed by atoms with Crippen LogP contribution in [0.25, 0.3) is 10.9 Å². The van der Waals surface area contributed by atoms with Gasteiger partial charge in [-0.25, -0.2) is 4.79 Å². The molecule has 0 radical (unpaired) electrons. The highest BCUT2D eigenvalue weighted by Gasteiger charge is 2.22. The number of carbonyl (C=O) groups is 1. The van der Waals surface area contributed by atoms with Crippen molar-refractivity contribution in [2.75, 3.05) is 7.11 Å². The molecule has 0 bridgehead atoms. The van der Waals surface area contributed by atoms with Crippen LogP contribution in [0.15, 0.2) is 101 Å². The van der Waals surface area contributed by atoms with Crippen molar-refractivity contribution in [2.45, 2.75) is 12.5 Å². The normalized spacial score (nSPS) is 11.7. The van der Waals surface area contributed by atoms with Crippen LogP contribution < -0.4 is 0 Å². The van der Waals surface area contributed by atoms with Gasteiger partial charge >= 0.3 is 5.97 Å². The molecule has 31 heavy (non-hydrogen) atoms. The fourth-order valence-electron chi connectivity index (χ4n) is 3.56. The monoisotopic (exact) mass is 472 g/mol. The minimum absolute atomic E-state index is 0.371. The lowest BCUT2D eigenvalue weighted by molar-refractivity contribution is -0.142. The number of hydrogen-bond acceptors (Lipinski definition) is 4. The topological polar surface area (TPSA) is 51.5 Å². The van der Waals surface area contributed by atoms with Crippen molar-refractivity contribution in [3.05, 3.63) is 112 Å². The number of benzene rings is 3. The number of aliphatic imine (C=N–C) groups is 1. The maximum atomic E-state index is 12.8. The van der Waals surface area contributed by atoms with Crippen LogP contribution in [0, 0.1) is 0 Å². The fraction of sp³-hybridized carbons (Fsp3) is 0.115. The Morgan fingerprint density at radius 2 is 1.58 bits per heavy atom. The second kappa shape index (κ2) is 9.67. The number of esters is 1. The second-order valence-electron chi connectivity index (χ2n) is 7.06. The summed E-state index contributed by atoms with van der Waals surface area (Å²) in [5.74, 6) is -0.371. The largest absolute Gasteiger partial charge is 0.467 e. The van der Waals surface area contributed by atoms with Gasteiger partial charge in [0.2, 0.25) is 0 Å². The Kier molecular flexibility index (Phi) is 6.53. The molecule has 0 spiro atoms. The van der Waals surface area contributed by atoms with Gasteiger partial charge in [0.05, 0.1) is 18.3 Å². The first kappa shape index (κ1) is 20.9. The third-order valence-corrected chi connectivity index (χ3v) is 5.72. The summed E-state index contributed by atoms with van der Waals surface area (Å²) < 4.78 is 6.04. The highest BCUT2D eigenvalue weighted by atomic mass is 79.9. The zero-order chi connectivity index (χ0) is 21.6. The predicted octanol–water partition coefficient (Wildman–Crippen LogP) is 5.62. The minimum atomic E-state index is -0.690. The fourth-order valence-corrected chi connectivity index (χ4v) is 4.01. The van der Waals surface area contributed by atoms with Crippen LogP contribution in [0.2, 0.25) is 0 Å². The number of aromatic nitrogens is 1. The average molecular weight is 473 g/mol. The summed E-state index contributed by atoms with van der Waals surface area (Å²) in [6.45, 7) is 0. The molecule has 4 nitrogen and oxygen atoms in total. The Morgan fingerprint density at radius 1 is 0.935 bits per heavy atom. The van der Waals surface area contributed by atoms with Gasteiger partial charge in [-0.1, -0.05) is 72.8 Å². The average Bonchev–Trinajstić information content (AvgIpc) is 2.84. The van der Waals surface area contributed by atoms with Crippen LogP contribution in [0.3, 0.4) is 0 Å². The summed E-state index contributed by atoms with van der Waals surface area (Å²) in [5, 5.41) is 0.988. The SMILES string of the molecule is COC(=O)[C@H](Cc1ccc(Br)c2ncccc12)N=C(c1ccccc1)c1ccccc1. The van der Waals surface area contributed by atoms with Crippen LogP contribution in [-0.4, -0.2) is 29.8 Å². The van der Waals surface area contributed by atoms with Crippen molar-refractivity contribution < 1.29 is 9.53 Å². The zero-order valence-electron chi connectivity index (χ0n) is 17.0. The predicted molar refractivity (Wildman–Crippen MR) is 127 cm³/mol. The lowest BCUT2D eigenvalue weighted by Gasteiger charge is -2.16. The molecule has 0 saturated heterocycles. The molecule has 0 aliphatic heterocycles. The van der Waals surface area contributed by atoms with E-state index in [4.69, 9.17) is 9.73 Å². The number of methoxy groups -OCH3 is 1. The first-order valence-electron chi connectivity index (χ1n) is 9.96. The van der Waals surface area contributed by atoms with Crippen molar-refractivity contribution in [2.24, 2.45) is 4.99 Å². The van der Waals surface area contributed by atoms with Gasteiger partial charge in [-0.15, -0.1) is 0 Å². The summed E-state index contributed by atoms with van der Waals surface area (Å²) in [7, 11) is 1.40. The van der Waals surface area contributed by atoms with Gasteiger partial charge in [-0.2, -0.15) is 0 Å². The van der Waals surface area contributed by atoms with E-state index in [1.165, 1.54) is 7.11 Å². The van der Waals surface area contributed by atoms with Gasteiger partial charge in [-0.3, -0.25) is 9.98 Å². The van der Waals surface area contributed by atoms with Crippen LogP contribution in [0.1, 0.15) is 16.7 Å². The Bertz CT molecular complexity index is 1180. The Morgan fingerprint density at radius 3 is 2.19 bits per heavy atom. The van der Waals surface area contributed by atoms with E-state index in [9.17, 15) is 4.79 Å². The molecule has 1 heterocycles. The molecular weight excluding hydrogens is 452 g/mol. The zero-order valence-corrected chi connectivity index (χ0v) is 18.6. The van der Waals surface area contributed by atoms with Crippen LogP contribution >= 0.6 is 15.9 Å². The summed E-state index contributed by atoms with van der Waals surface area (Å²) >= 11 is 3.56. The molecular formula is C26H21BrN2O2. The second-order valence-corrected chi connectivity index (χ2v) is 7.91. The van der Waals surface area contributed by atoms with E-state index in [2.05, 4.69) is 20.9 Å². The lowest BCUT2D eigenvalue weighted by atomic mass is 9.99. The Balaban J connectivity index is 1.81. The summed E-state index contributed by atoms with van der Waals surface area (Å²) in [6.07, 6.45) is 2.17. The molecule has 0 N–H and O–H groups in total. The number of ether oxygens (including phenoxy) is 1. The molecule has 4 rings (SSSR count). The van der Waals surface area contributed by atoms with Crippen LogP contribution in [0.4, 0.5) is 0 Å². The maximum Gasteiger partial charge on any atom is 0.330 e. The molecule has 4 aromatic rings. The van der Waals surface area contributed by atoms with Crippen LogP contribution in [0.5, 0.6) is 0 Å². The van der Waals surface area contributed by atoms with E-state index in [0.29, 0.717) is 6.42 Å². The molecule has 0 aliphatic carbocycles. The van der Waals surface area contributed by atoms with Crippen molar-refractivity contribution >= 4 is 38.5 Å². The molecule has 5 heteroatoms. The molecule has 1 atom stereocenters. The molecule has 0 unspecified atom stereocenters. The van der Waals surface area contributed by atoms with Crippen LogP contribution in [-0.2, 0) is 16.0 Å². The van der Waals surface area contributed by atoms with Gasteiger partial charge < -0.3 is 4.74 Å². The molecule has 1 aromatic heterocycles. The highest BCUT2D eigenvalue weighted by Crippen LogP contribution is 2.26. The molecule has 154 valence electrons. The number of rotatable bonds is 6. The first-order chi connectivity index (χ1) is 15.2. The van der Waals surface area contributed by atoms with Crippen molar-refractivity contribution in [3.8, 4) is 0 Å². The number of halogens is 1. The summed E-state index contributed by atoms with van der Waals surface area (Å²) in [5.41, 5.74) is 4.51. The summed E-state index contributed by atoms with van der Waals surface area (Å²) in [6, 6.07) is 27.0. The molecule has 3 aromatic carbocycles. The van der Waals surface area contributed by atoms with E-state index in [-0.39, 0.29) is 5.97 Å². The highest BCUT2D eigenvalue weighted by molar-refractivity contribution is 9.10. The van der Waals surface area contributed by atoms with Gasteiger partial charge in [0.15, 0.2) is 6.04 Å². The number of carbonyl (C=O) groups excluding carboxylic acids is 1. The van der Waals surface area contributed by atoms with E-state index < -0.39 is 6.04 Å². The third kappa shape index (κ3) is 4.72. The van der Waals surface area contributed by atoms with Crippen molar-refractivity contribution in [1.29, 1.82) is 0 Å². The van der Waals surface area contributed by atoms with E-state index in [1.54, 1.807) is 6.20 Å². The Hall–Kier alpha value is -3.31. The van der Waals surface area contributed by atoms with Crippen molar-refractivity contribution in [1.82, 2.24) is 4.98 Å². The smallest absolute Gasteiger partial charge is 0.330 e. The van der Waals surface area contributed by atoms with Gasteiger partial charge in [0.25, 0.3) is 0 Å². The van der Waals surface area contributed by atoms with Gasteiger partial charge in [-0.05, 0) is 33.6 Å². The quantitative estimate of drug-likeness (QED) is 0.270. The number of pyridine rings is 1. The first-order valence-corrected chi connectivity index (χ1v) is 10.7. The molecule has 0 amide bonds. The Labute approximate surface area is 189 Å². The summed E-state index contributed by atoms with van der Waals surface area (Å²) in [4.78, 5) is 22.2. The maximum absolute atomic E-state index is 12.8. The minimum Gasteiger partial charge on any atom is -0.467 e. The number of hydrogen-bond donors (Lipinski definition) is 0. The van der Waals surface area contributed by atoms with E-state index in [0.717, 1.165) is 37.8 Å². The van der Waals surface area contributed by atoms with E-state index in [1.807, 2.05) is 84.9 Å². The third-order valence-electron chi connectivity index (χ3n) is 5.08. The molecule has 0 saturated carbocycles. The number of nitrogens with zero attached hydrogens (tertiary/aromatic N) is 2. The molecule has 0 fully saturated rings. The number of fused-ring (bicyclic) bond motifs is 1. The van der Waals surface area contributed by atoms with Gasteiger partial charge in [0.1, 0.15) is 0 Å². The standard InChI is InChI=1S/C26H21BrN2O2/c1-31-26(30)23(17-20-14-15-22(27)25-21(20)13-8-16-28-25)29-24(18-9-4-2-5-10-18)19-11-6-3-7-12-19/h2-16,23H,17H2,1H3/t23-/m0/s1. The lowest BCUT2D eigenvalue weighted by Crippen LogP contribution is -2.25. The van der Waals surface area contributed by atoms with Gasteiger partial charge in [0, 0.05) is 33.6 Å². The molecule has 0 aliphatic rings. The van der Waals surface area contributed by atoms with Crippen molar-refractivity contribution in [3.63, 3.8) is 0 Å².